The molecular weight excluding hydrogens is 534 g/mol. The highest BCUT2D eigenvalue weighted by Gasteiger charge is 2.47. The molecule has 2 amide bonds. The van der Waals surface area contributed by atoms with Crippen LogP contribution in [-0.2, 0) is 36.2 Å². The van der Waals surface area contributed by atoms with E-state index in [2.05, 4.69) is 0 Å². The molecule has 2 heterocycles. The van der Waals surface area contributed by atoms with Crippen LogP contribution in [0.1, 0.15) is 17.5 Å². The zero-order chi connectivity index (χ0) is 27.2. The second-order valence-corrected chi connectivity index (χ2v) is 12.3. The highest BCUT2D eigenvalue weighted by molar-refractivity contribution is 7.89. The van der Waals surface area contributed by atoms with Crippen LogP contribution in [0.4, 0.5) is 5.69 Å². The molecule has 0 saturated carbocycles. The minimum Gasteiger partial charge on any atom is -0.454 e. The van der Waals surface area contributed by atoms with Crippen LogP contribution in [0, 0.1) is 6.92 Å². The Labute approximate surface area is 219 Å². The summed E-state index contributed by atoms with van der Waals surface area (Å²) in [4.78, 5) is 27.2. The van der Waals surface area contributed by atoms with Crippen LogP contribution in [0.5, 0.6) is 11.5 Å². The fourth-order valence-electron chi connectivity index (χ4n) is 4.32. The van der Waals surface area contributed by atoms with Crippen molar-refractivity contribution in [2.45, 2.75) is 35.7 Å². The lowest BCUT2D eigenvalue weighted by Crippen LogP contribution is -2.45. The number of imide groups is 1. The molecule has 11 nitrogen and oxygen atoms in total. The molecule has 1 saturated heterocycles. The molecule has 2 aliphatic heterocycles. The maximum absolute atomic E-state index is 13.8. The monoisotopic (exact) mass is 557 g/mol. The lowest BCUT2D eigenvalue weighted by Gasteiger charge is -2.27. The van der Waals surface area contributed by atoms with Crippen LogP contribution in [-0.4, -0.2) is 45.8 Å². The van der Waals surface area contributed by atoms with E-state index in [9.17, 15) is 26.4 Å². The lowest BCUT2D eigenvalue weighted by atomic mass is 10.1. The SMILES string of the molecule is Cc1ccc(S(=O)(=O)N(Cc2ccc3c(c2)OCO3)C2CC(=O)N(c3ccc(S(N)(=O)=O)cc3)C2=O)cc1. The normalized spacial score (nSPS) is 17.4. The highest BCUT2D eigenvalue weighted by atomic mass is 32.2. The summed E-state index contributed by atoms with van der Waals surface area (Å²) in [5, 5.41) is 5.13. The third-order valence-corrected chi connectivity index (χ3v) is 9.10. The first-order valence-electron chi connectivity index (χ1n) is 11.4. The van der Waals surface area contributed by atoms with Crippen LogP contribution >= 0.6 is 0 Å². The predicted octanol–water partition coefficient (Wildman–Crippen LogP) is 1.89. The van der Waals surface area contributed by atoms with Gasteiger partial charge < -0.3 is 9.47 Å². The maximum atomic E-state index is 13.8. The number of sulfonamides is 2. The van der Waals surface area contributed by atoms with E-state index in [1.54, 1.807) is 30.3 Å². The molecular formula is C25H23N3O8S2. The molecule has 1 atom stereocenters. The van der Waals surface area contributed by atoms with Gasteiger partial charge in [0.15, 0.2) is 11.5 Å². The molecule has 3 aromatic carbocycles. The minimum atomic E-state index is -4.24. The van der Waals surface area contributed by atoms with Gasteiger partial charge in [-0.1, -0.05) is 23.8 Å². The Hall–Kier alpha value is -3.78. The first-order chi connectivity index (χ1) is 17.9. The Morgan fingerprint density at radius 1 is 0.895 bits per heavy atom. The van der Waals surface area contributed by atoms with Gasteiger partial charge in [-0.2, -0.15) is 4.31 Å². The van der Waals surface area contributed by atoms with Gasteiger partial charge in [-0.15, -0.1) is 0 Å². The van der Waals surface area contributed by atoms with E-state index in [1.807, 2.05) is 6.92 Å². The number of ether oxygens (including phenoxy) is 2. The average Bonchev–Trinajstić information content (AvgIpc) is 3.45. The summed E-state index contributed by atoms with van der Waals surface area (Å²) in [6.45, 7) is 1.65. The molecule has 198 valence electrons. The van der Waals surface area contributed by atoms with Gasteiger partial charge in [0.1, 0.15) is 6.04 Å². The molecule has 2 aliphatic rings. The topological polar surface area (TPSA) is 153 Å². The number of nitrogens with zero attached hydrogens (tertiary/aromatic N) is 2. The first-order valence-corrected chi connectivity index (χ1v) is 14.4. The number of carbonyl (C=O) groups excluding carboxylic acids is 2. The van der Waals surface area contributed by atoms with E-state index in [0.717, 1.165) is 14.8 Å². The van der Waals surface area contributed by atoms with Crippen molar-refractivity contribution in [2.75, 3.05) is 11.7 Å². The zero-order valence-electron chi connectivity index (χ0n) is 20.1. The van der Waals surface area contributed by atoms with Gasteiger partial charge in [0.05, 0.1) is 21.9 Å². The quantitative estimate of drug-likeness (QED) is 0.432. The molecule has 0 spiro atoms. The number of hydrogen-bond donors (Lipinski definition) is 1. The van der Waals surface area contributed by atoms with Crippen LogP contribution in [0.2, 0.25) is 0 Å². The number of anilines is 1. The third kappa shape index (κ3) is 4.76. The summed E-state index contributed by atoms with van der Waals surface area (Å²) in [6, 6.07) is 14.7. The van der Waals surface area contributed by atoms with E-state index in [0.29, 0.717) is 17.1 Å². The van der Waals surface area contributed by atoms with Crippen LogP contribution in [0.25, 0.3) is 0 Å². The van der Waals surface area contributed by atoms with Gasteiger partial charge >= 0.3 is 0 Å². The largest absolute Gasteiger partial charge is 0.454 e. The zero-order valence-corrected chi connectivity index (χ0v) is 21.7. The summed E-state index contributed by atoms with van der Waals surface area (Å²) < 4.78 is 62.6. The number of nitrogens with two attached hydrogens (primary N) is 1. The molecule has 1 fully saturated rings. The van der Waals surface area contributed by atoms with Crippen molar-refractivity contribution in [3.05, 3.63) is 77.9 Å². The number of carbonyl (C=O) groups is 2. The van der Waals surface area contributed by atoms with Crippen molar-refractivity contribution < 1.29 is 35.9 Å². The van der Waals surface area contributed by atoms with Gasteiger partial charge in [-0.25, -0.2) is 26.9 Å². The van der Waals surface area contributed by atoms with Crippen molar-refractivity contribution in [1.82, 2.24) is 4.31 Å². The molecule has 0 bridgehead atoms. The number of primary sulfonamides is 1. The van der Waals surface area contributed by atoms with Gasteiger partial charge in [-0.3, -0.25) is 9.59 Å². The molecule has 38 heavy (non-hydrogen) atoms. The summed E-state index contributed by atoms with van der Waals surface area (Å²) >= 11 is 0. The van der Waals surface area contributed by atoms with Gasteiger partial charge in [0.2, 0.25) is 32.7 Å². The van der Waals surface area contributed by atoms with Gasteiger partial charge in [-0.05, 0) is 61.0 Å². The van der Waals surface area contributed by atoms with Crippen molar-refractivity contribution in [2.24, 2.45) is 5.14 Å². The Morgan fingerprint density at radius 3 is 2.18 bits per heavy atom. The summed E-state index contributed by atoms with van der Waals surface area (Å²) in [7, 11) is -8.22. The molecule has 5 rings (SSSR count). The van der Waals surface area contributed by atoms with E-state index < -0.39 is 44.3 Å². The van der Waals surface area contributed by atoms with E-state index in [4.69, 9.17) is 14.6 Å². The number of hydrogen-bond acceptors (Lipinski definition) is 8. The first kappa shape index (κ1) is 25.9. The van der Waals surface area contributed by atoms with Crippen LogP contribution in [0.3, 0.4) is 0 Å². The number of aryl methyl sites for hydroxylation is 1. The van der Waals surface area contributed by atoms with E-state index >= 15 is 0 Å². The second-order valence-electron chi connectivity index (χ2n) is 8.88. The third-order valence-electron chi connectivity index (χ3n) is 6.30. The maximum Gasteiger partial charge on any atom is 0.252 e. The molecule has 13 heteroatoms. The summed E-state index contributed by atoms with van der Waals surface area (Å²) in [5.41, 5.74) is 1.49. The van der Waals surface area contributed by atoms with Crippen LogP contribution < -0.4 is 19.5 Å². The molecule has 3 aromatic rings. The van der Waals surface area contributed by atoms with Crippen molar-refractivity contribution in [3.8, 4) is 11.5 Å². The van der Waals surface area contributed by atoms with Crippen molar-refractivity contribution in [3.63, 3.8) is 0 Å². The predicted molar refractivity (Wildman–Crippen MR) is 135 cm³/mol. The van der Waals surface area contributed by atoms with Crippen LogP contribution in [0.15, 0.2) is 76.5 Å². The number of benzene rings is 3. The number of amides is 2. The molecule has 0 aromatic heterocycles. The van der Waals surface area contributed by atoms with Gasteiger partial charge in [0, 0.05) is 6.54 Å². The summed E-state index contributed by atoms with van der Waals surface area (Å²) in [5.74, 6) is -0.420. The fourth-order valence-corrected chi connectivity index (χ4v) is 6.41. The lowest BCUT2D eigenvalue weighted by molar-refractivity contribution is -0.122. The number of rotatable bonds is 7. The minimum absolute atomic E-state index is 0.0277. The van der Waals surface area contributed by atoms with Crippen molar-refractivity contribution in [1.29, 1.82) is 0 Å². The fraction of sp³-hybridized carbons (Fsp3) is 0.200. The molecule has 1 unspecified atom stereocenters. The average molecular weight is 558 g/mol. The van der Waals surface area contributed by atoms with E-state index in [-0.39, 0.29) is 28.8 Å². The van der Waals surface area contributed by atoms with E-state index in [1.165, 1.54) is 36.4 Å². The number of fused-ring (bicyclic) bond motifs is 1. The Bertz CT molecular complexity index is 1640. The Balaban J connectivity index is 1.52. The van der Waals surface area contributed by atoms with Crippen molar-refractivity contribution >= 4 is 37.5 Å². The standard InChI is InChI=1S/C25H23N3O8S2/c1-16-2-7-20(8-3-16)38(33,34)27(14-17-4-11-22-23(12-17)36-15-35-22)21-13-24(29)28(25(21)30)18-5-9-19(10-6-18)37(26,31)32/h2-12,21H,13-15H2,1H3,(H2,26,31,32). The Morgan fingerprint density at radius 2 is 1.53 bits per heavy atom. The summed E-state index contributed by atoms with van der Waals surface area (Å²) in [6.07, 6.45) is -0.397. The smallest absolute Gasteiger partial charge is 0.252 e. The highest BCUT2D eigenvalue weighted by Crippen LogP contribution is 2.35. The molecule has 2 N–H and O–H groups in total. The van der Waals surface area contributed by atoms with Gasteiger partial charge in [0.25, 0.3) is 5.91 Å². The Kier molecular flexibility index (Phi) is 6.47. The second kappa shape index (κ2) is 9.51. The molecule has 0 aliphatic carbocycles. The molecule has 0 radical (unpaired) electrons.